The average molecular weight is 225 g/mol. The molecule has 1 rings (SSSR count). The van der Waals surface area contributed by atoms with Gasteiger partial charge in [0, 0.05) is 12.6 Å². The van der Waals surface area contributed by atoms with E-state index in [0.29, 0.717) is 23.3 Å². The Kier molecular flexibility index (Phi) is 4.63. The van der Waals surface area contributed by atoms with Crippen LogP contribution in [0.2, 0.25) is 0 Å². The summed E-state index contributed by atoms with van der Waals surface area (Å²) in [5.41, 5.74) is 6.19. The Morgan fingerprint density at radius 1 is 1.38 bits per heavy atom. The van der Waals surface area contributed by atoms with Gasteiger partial charge in [-0.3, -0.25) is 4.99 Å². The van der Waals surface area contributed by atoms with Crippen LogP contribution in [0.25, 0.3) is 0 Å². The molecule has 1 fully saturated rings. The summed E-state index contributed by atoms with van der Waals surface area (Å²) in [5, 5.41) is 3.31. The lowest BCUT2D eigenvalue weighted by molar-refractivity contribution is 0.269. The van der Waals surface area contributed by atoms with Crippen LogP contribution in [-0.4, -0.2) is 18.5 Å². The van der Waals surface area contributed by atoms with Gasteiger partial charge in [-0.2, -0.15) is 0 Å². The summed E-state index contributed by atoms with van der Waals surface area (Å²) in [4.78, 5) is 4.44. The summed E-state index contributed by atoms with van der Waals surface area (Å²) in [6, 6.07) is 0.564. The average Bonchev–Trinajstić information content (AvgIpc) is 2.65. The first-order valence-electron chi connectivity index (χ1n) is 6.46. The highest BCUT2D eigenvalue weighted by molar-refractivity contribution is 5.78. The van der Waals surface area contributed by atoms with Crippen molar-refractivity contribution in [1.29, 1.82) is 0 Å². The smallest absolute Gasteiger partial charge is 0.188 e. The quantitative estimate of drug-likeness (QED) is 0.573. The highest BCUT2D eigenvalue weighted by atomic mass is 15.1. The molecule has 1 saturated carbocycles. The summed E-state index contributed by atoms with van der Waals surface area (Å²) in [5.74, 6) is 1.18. The molecule has 0 aromatic rings. The lowest BCUT2D eigenvalue weighted by Crippen LogP contribution is -2.39. The SMILES string of the molecule is CC(CN=C(N)NC1CCCC1)C(C)(C)C. The largest absolute Gasteiger partial charge is 0.370 e. The van der Waals surface area contributed by atoms with Gasteiger partial charge < -0.3 is 11.1 Å². The Bertz CT molecular complexity index is 234. The van der Waals surface area contributed by atoms with Crippen LogP contribution in [-0.2, 0) is 0 Å². The van der Waals surface area contributed by atoms with E-state index in [1.54, 1.807) is 0 Å². The zero-order valence-electron chi connectivity index (χ0n) is 11.2. The van der Waals surface area contributed by atoms with Crippen LogP contribution in [0.15, 0.2) is 4.99 Å². The van der Waals surface area contributed by atoms with Crippen molar-refractivity contribution in [3.8, 4) is 0 Å². The van der Waals surface area contributed by atoms with Crippen molar-refractivity contribution in [2.24, 2.45) is 22.1 Å². The summed E-state index contributed by atoms with van der Waals surface area (Å²) in [7, 11) is 0. The third kappa shape index (κ3) is 4.42. The van der Waals surface area contributed by atoms with Crippen LogP contribution in [0.4, 0.5) is 0 Å². The summed E-state index contributed by atoms with van der Waals surface area (Å²) < 4.78 is 0. The zero-order valence-corrected chi connectivity index (χ0v) is 11.2. The van der Waals surface area contributed by atoms with Gasteiger partial charge in [0.1, 0.15) is 0 Å². The molecule has 0 aromatic carbocycles. The number of nitrogens with two attached hydrogens (primary N) is 1. The first-order valence-corrected chi connectivity index (χ1v) is 6.46. The number of hydrogen-bond donors (Lipinski definition) is 2. The van der Waals surface area contributed by atoms with Gasteiger partial charge in [0.25, 0.3) is 0 Å². The molecule has 0 heterocycles. The van der Waals surface area contributed by atoms with Gasteiger partial charge in [-0.15, -0.1) is 0 Å². The lowest BCUT2D eigenvalue weighted by atomic mass is 9.82. The first kappa shape index (κ1) is 13.3. The van der Waals surface area contributed by atoms with Crippen LogP contribution in [0.1, 0.15) is 53.4 Å². The first-order chi connectivity index (χ1) is 7.39. The molecular weight excluding hydrogens is 198 g/mol. The molecule has 16 heavy (non-hydrogen) atoms. The Hall–Kier alpha value is -0.730. The third-order valence-electron chi connectivity index (χ3n) is 3.72. The molecule has 0 bridgehead atoms. The predicted octanol–water partition coefficient (Wildman–Crippen LogP) is 2.52. The fourth-order valence-electron chi connectivity index (χ4n) is 1.83. The van der Waals surface area contributed by atoms with Crippen LogP contribution in [0, 0.1) is 11.3 Å². The molecule has 1 atom stereocenters. The molecule has 1 aliphatic rings. The lowest BCUT2D eigenvalue weighted by Gasteiger charge is -2.25. The maximum absolute atomic E-state index is 5.88. The molecule has 3 heteroatoms. The highest BCUT2D eigenvalue weighted by Crippen LogP contribution is 2.25. The molecule has 1 aliphatic carbocycles. The normalized spacial score (nSPS) is 21.1. The second kappa shape index (κ2) is 5.55. The molecule has 0 amide bonds. The van der Waals surface area contributed by atoms with Crippen molar-refractivity contribution in [2.75, 3.05) is 6.54 Å². The summed E-state index contributed by atoms with van der Waals surface area (Å²) >= 11 is 0. The van der Waals surface area contributed by atoms with E-state index in [9.17, 15) is 0 Å². The summed E-state index contributed by atoms with van der Waals surface area (Å²) in [6.07, 6.45) is 5.13. The molecule has 3 N–H and O–H groups in total. The van der Waals surface area contributed by atoms with Crippen molar-refractivity contribution >= 4 is 5.96 Å². The van der Waals surface area contributed by atoms with Crippen molar-refractivity contribution < 1.29 is 0 Å². The minimum atomic E-state index is 0.303. The van der Waals surface area contributed by atoms with Gasteiger partial charge in [0.15, 0.2) is 5.96 Å². The number of guanidine groups is 1. The minimum Gasteiger partial charge on any atom is -0.370 e. The molecule has 94 valence electrons. The highest BCUT2D eigenvalue weighted by Gasteiger charge is 2.20. The van der Waals surface area contributed by atoms with E-state index in [2.05, 4.69) is 38.0 Å². The maximum atomic E-state index is 5.88. The molecular formula is C13H27N3. The fourth-order valence-corrected chi connectivity index (χ4v) is 1.83. The number of rotatable bonds is 3. The zero-order chi connectivity index (χ0) is 12.2. The van der Waals surface area contributed by atoms with Crippen molar-refractivity contribution in [1.82, 2.24) is 5.32 Å². The van der Waals surface area contributed by atoms with Crippen LogP contribution >= 0.6 is 0 Å². The van der Waals surface area contributed by atoms with Gasteiger partial charge in [0.05, 0.1) is 0 Å². The standard InChI is InChI=1S/C13H27N3/c1-10(13(2,3)4)9-15-12(14)16-11-7-5-6-8-11/h10-11H,5-9H2,1-4H3,(H3,14,15,16). The number of hydrogen-bond acceptors (Lipinski definition) is 1. The summed E-state index contributed by atoms with van der Waals surface area (Å²) in [6.45, 7) is 9.77. The minimum absolute atomic E-state index is 0.303. The molecule has 0 aliphatic heterocycles. The van der Waals surface area contributed by atoms with Crippen molar-refractivity contribution in [2.45, 2.75) is 59.4 Å². The van der Waals surface area contributed by atoms with Gasteiger partial charge in [-0.1, -0.05) is 40.5 Å². The number of nitrogens with one attached hydrogen (secondary N) is 1. The second-order valence-electron chi connectivity index (χ2n) is 6.12. The van der Waals surface area contributed by atoms with E-state index in [0.717, 1.165) is 6.54 Å². The van der Waals surface area contributed by atoms with E-state index in [4.69, 9.17) is 5.73 Å². The fraction of sp³-hybridized carbons (Fsp3) is 0.923. The van der Waals surface area contributed by atoms with Gasteiger partial charge in [0.2, 0.25) is 0 Å². The Morgan fingerprint density at radius 2 is 1.94 bits per heavy atom. The molecule has 0 spiro atoms. The van der Waals surface area contributed by atoms with Crippen LogP contribution in [0.3, 0.4) is 0 Å². The van der Waals surface area contributed by atoms with Crippen molar-refractivity contribution in [3.63, 3.8) is 0 Å². The Balaban J connectivity index is 2.32. The Labute approximate surface area is 99.9 Å². The van der Waals surface area contributed by atoms with Gasteiger partial charge >= 0.3 is 0 Å². The molecule has 0 radical (unpaired) electrons. The van der Waals surface area contributed by atoms with Crippen molar-refractivity contribution in [3.05, 3.63) is 0 Å². The maximum Gasteiger partial charge on any atom is 0.188 e. The van der Waals surface area contributed by atoms with E-state index in [1.165, 1.54) is 25.7 Å². The van der Waals surface area contributed by atoms with E-state index in [1.807, 2.05) is 0 Å². The molecule has 0 saturated heterocycles. The molecule has 3 nitrogen and oxygen atoms in total. The van der Waals surface area contributed by atoms with E-state index < -0.39 is 0 Å². The molecule has 0 aromatic heterocycles. The number of nitrogens with zero attached hydrogens (tertiary/aromatic N) is 1. The van der Waals surface area contributed by atoms with Crippen LogP contribution < -0.4 is 11.1 Å². The van der Waals surface area contributed by atoms with E-state index in [-0.39, 0.29) is 0 Å². The topological polar surface area (TPSA) is 50.4 Å². The van der Waals surface area contributed by atoms with Crippen LogP contribution in [0.5, 0.6) is 0 Å². The third-order valence-corrected chi connectivity index (χ3v) is 3.72. The second-order valence-corrected chi connectivity index (χ2v) is 6.12. The monoisotopic (exact) mass is 225 g/mol. The van der Waals surface area contributed by atoms with E-state index >= 15 is 0 Å². The predicted molar refractivity (Wildman–Crippen MR) is 70.5 cm³/mol. The van der Waals surface area contributed by atoms with Gasteiger partial charge in [-0.05, 0) is 24.2 Å². The molecule has 1 unspecified atom stereocenters. The number of aliphatic imine (C=N–C) groups is 1. The van der Waals surface area contributed by atoms with Gasteiger partial charge in [-0.25, -0.2) is 0 Å². The Morgan fingerprint density at radius 3 is 2.44 bits per heavy atom.